The van der Waals surface area contributed by atoms with Gasteiger partial charge < -0.3 is 5.32 Å². The van der Waals surface area contributed by atoms with E-state index in [-0.39, 0.29) is 5.28 Å². The van der Waals surface area contributed by atoms with Gasteiger partial charge in [-0.2, -0.15) is 0 Å². The lowest BCUT2D eigenvalue weighted by molar-refractivity contribution is 1.06. The standard InChI is InChI=1S/C7H10ClN3/c1-4-5(2)10-7(8)11-6(4)9-3/h1-3H3,(H,9,10,11). The summed E-state index contributed by atoms with van der Waals surface area (Å²) in [4.78, 5) is 7.99. The van der Waals surface area contributed by atoms with Gasteiger partial charge in [0.15, 0.2) is 0 Å². The quantitative estimate of drug-likeness (QED) is 0.655. The zero-order valence-electron chi connectivity index (χ0n) is 6.77. The van der Waals surface area contributed by atoms with Crippen LogP contribution in [0.15, 0.2) is 0 Å². The highest BCUT2D eigenvalue weighted by atomic mass is 35.5. The lowest BCUT2D eigenvalue weighted by Crippen LogP contribution is -2.00. The van der Waals surface area contributed by atoms with Crippen molar-refractivity contribution >= 4 is 17.4 Å². The third-order valence-electron chi connectivity index (χ3n) is 1.60. The van der Waals surface area contributed by atoms with Gasteiger partial charge in [-0.1, -0.05) is 0 Å². The van der Waals surface area contributed by atoms with Gasteiger partial charge >= 0.3 is 0 Å². The molecule has 0 radical (unpaired) electrons. The minimum atomic E-state index is 0.289. The molecule has 0 amide bonds. The zero-order chi connectivity index (χ0) is 8.43. The van der Waals surface area contributed by atoms with Gasteiger partial charge in [-0.25, -0.2) is 9.97 Å². The van der Waals surface area contributed by atoms with Crippen LogP contribution in [0.25, 0.3) is 0 Å². The second-order valence-corrected chi connectivity index (χ2v) is 2.64. The molecule has 1 heterocycles. The molecular formula is C7H10ClN3. The van der Waals surface area contributed by atoms with Crippen LogP contribution in [-0.4, -0.2) is 17.0 Å². The van der Waals surface area contributed by atoms with E-state index in [0.717, 1.165) is 17.1 Å². The molecule has 0 atom stereocenters. The molecule has 0 spiro atoms. The summed E-state index contributed by atoms with van der Waals surface area (Å²) < 4.78 is 0. The van der Waals surface area contributed by atoms with Crippen LogP contribution in [0.3, 0.4) is 0 Å². The molecule has 0 saturated heterocycles. The third-order valence-corrected chi connectivity index (χ3v) is 1.77. The molecular weight excluding hydrogens is 162 g/mol. The van der Waals surface area contributed by atoms with Crippen molar-refractivity contribution in [2.45, 2.75) is 13.8 Å². The lowest BCUT2D eigenvalue weighted by Gasteiger charge is -2.05. The Labute approximate surface area is 70.8 Å². The van der Waals surface area contributed by atoms with Crippen LogP contribution in [0.4, 0.5) is 5.82 Å². The average Bonchev–Trinajstić information content (AvgIpc) is 1.96. The fraction of sp³-hybridized carbons (Fsp3) is 0.429. The summed E-state index contributed by atoms with van der Waals surface area (Å²) in [6, 6.07) is 0. The van der Waals surface area contributed by atoms with Crippen molar-refractivity contribution in [2.24, 2.45) is 0 Å². The summed E-state index contributed by atoms with van der Waals surface area (Å²) in [6.07, 6.45) is 0. The summed E-state index contributed by atoms with van der Waals surface area (Å²) in [5, 5.41) is 3.23. The van der Waals surface area contributed by atoms with E-state index in [1.54, 1.807) is 0 Å². The molecule has 0 unspecified atom stereocenters. The Balaban J connectivity index is 3.24. The van der Waals surface area contributed by atoms with E-state index >= 15 is 0 Å². The molecule has 0 aromatic carbocycles. The molecule has 0 aliphatic rings. The van der Waals surface area contributed by atoms with Crippen molar-refractivity contribution in [2.75, 3.05) is 12.4 Å². The molecule has 60 valence electrons. The second kappa shape index (κ2) is 3.05. The smallest absolute Gasteiger partial charge is 0.224 e. The van der Waals surface area contributed by atoms with E-state index < -0.39 is 0 Å². The maximum atomic E-state index is 5.64. The van der Waals surface area contributed by atoms with Gasteiger partial charge in [0.1, 0.15) is 5.82 Å². The molecule has 0 aliphatic carbocycles. The van der Waals surface area contributed by atoms with E-state index in [1.165, 1.54) is 0 Å². The number of rotatable bonds is 1. The molecule has 1 aromatic heterocycles. The summed E-state index contributed by atoms with van der Waals surface area (Å²) in [5.41, 5.74) is 1.95. The fourth-order valence-electron chi connectivity index (χ4n) is 0.838. The first-order valence-electron chi connectivity index (χ1n) is 3.33. The van der Waals surface area contributed by atoms with Gasteiger partial charge in [-0.15, -0.1) is 0 Å². The van der Waals surface area contributed by atoms with E-state index in [2.05, 4.69) is 15.3 Å². The maximum Gasteiger partial charge on any atom is 0.224 e. The Kier molecular flexibility index (Phi) is 2.29. The first kappa shape index (κ1) is 8.27. The van der Waals surface area contributed by atoms with Gasteiger partial charge in [-0.3, -0.25) is 0 Å². The largest absolute Gasteiger partial charge is 0.373 e. The Morgan fingerprint density at radius 1 is 1.27 bits per heavy atom. The van der Waals surface area contributed by atoms with Gasteiger partial charge in [0.25, 0.3) is 0 Å². The zero-order valence-corrected chi connectivity index (χ0v) is 7.53. The van der Waals surface area contributed by atoms with Gasteiger partial charge in [0.2, 0.25) is 5.28 Å². The number of nitrogens with zero attached hydrogens (tertiary/aromatic N) is 2. The Hall–Kier alpha value is -0.830. The summed E-state index contributed by atoms with van der Waals surface area (Å²) in [7, 11) is 1.81. The second-order valence-electron chi connectivity index (χ2n) is 2.30. The molecule has 0 saturated carbocycles. The molecule has 11 heavy (non-hydrogen) atoms. The number of hydrogen-bond acceptors (Lipinski definition) is 3. The van der Waals surface area contributed by atoms with E-state index in [1.807, 2.05) is 20.9 Å². The molecule has 0 aliphatic heterocycles. The lowest BCUT2D eigenvalue weighted by atomic mass is 10.2. The number of aromatic nitrogens is 2. The molecule has 0 fully saturated rings. The predicted octanol–water partition coefficient (Wildman–Crippen LogP) is 1.79. The van der Waals surface area contributed by atoms with Crippen molar-refractivity contribution in [3.63, 3.8) is 0 Å². The molecule has 1 aromatic rings. The van der Waals surface area contributed by atoms with Crippen LogP contribution in [0, 0.1) is 13.8 Å². The first-order chi connectivity index (χ1) is 5.15. The van der Waals surface area contributed by atoms with Crippen LogP contribution in [0.1, 0.15) is 11.3 Å². The molecule has 1 N–H and O–H groups in total. The average molecular weight is 172 g/mol. The van der Waals surface area contributed by atoms with Crippen LogP contribution < -0.4 is 5.32 Å². The number of halogens is 1. The first-order valence-corrected chi connectivity index (χ1v) is 3.71. The van der Waals surface area contributed by atoms with Crippen molar-refractivity contribution < 1.29 is 0 Å². The summed E-state index contributed by atoms with van der Waals surface area (Å²) in [6.45, 7) is 3.86. The normalized spacial score (nSPS) is 9.82. The van der Waals surface area contributed by atoms with Gasteiger partial charge in [0.05, 0.1) is 0 Å². The topological polar surface area (TPSA) is 37.8 Å². The summed E-state index contributed by atoms with van der Waals surface area (Å²) in [5.74, 6) is 0.794. The van der Waals surface area contributed by atoms with E-state index in [0.29, 0.717) is 0 Å². The highest BCUT2D eigenvalue weighted by Gasteiger charge is 2.03. The molecule has 4 heteroatoms. The minimum Gasteiger partial charge on any atom is -0.373 e. The van der Waals surface area contributed by atoms with E-state index in [4.69, 9.17) is 11.6 Å². The van der Waals surface area contributed by atoms with Crippen molar-refractivity contribution in [1.29, 1.82) is 0 Å². The number of nitrogens with one attached hydrogen (secondary N) is 1. The SMILES string of the molecule is CNc1nc(Cl)nc(C)c1C. The number of anilines is 1. The molecule has 1 rings (SSSR count). The van der Waals surface area contributed by atoms with Gasteiger partial charge in [-0.05, 0) is 25.4 Å². The van der Waals surface area contributed by atoms with Crippen molar-refractivity contribution in [3.8, 4) is 0 Å². The van der Waals surface area contributed by atoms with Crippen molar-refractivity contribution in [1.82, 2.24) is 9.97 Å². The van der Waals surface area contributed by atoms with Crippen molar-refractivity contribution in [3.05, 3.63) is 16.5 Å². The fourth-order valence-corrected chi connectivity index (χ4v) is 1.05. The molecule has 0 bridgehead atoms. The maximum absolute atomic E-state index is 5.64. The molecule has 3 nitrogen and oxygen atoms in total. The Bertz CT molecular complexity index is 273. The van der Waals surface area contributed by atoms with Crippen LogP contribution in [-0.2, 0) is 0 Å². The van der Waals surface area contributed by atoms with E-state index in [9.17, 15) is 0 Å². The number of hydrogen-bond donors (Lipinski definition) is 1. The van der Waals surface area contributed by atoms with Crippen LogP contribution in [0.5, 0.6) is 0 Å². The Morgan fingerprint density at radius 2 is 1.91 bits per heavy atom. The van der Waals surface area contributed by atoms with Gasteiger partial charge in [0, 0.05) is 18.3 Å². The monoisotopic (exact) mass is 171 g/mol. The van der Waals surface area contributed by atoms with Crippen LogP contribution in [0.2, 0.25) is 5.28 Å². The highest BCUT2D eigenvalue weighted by molar-refractivity contribution is 6.28. The highest BCUT2D eigenvalue weighted by Crippen LogP contribution is 2.15. The number of aryl methyl sites for hydroxylation is 1. The summed E-state index contributed by atoms with van der Waals surface area (Å²) >= 11 is 5.64. The third kappa shape index (κ3) is 1.60. The minimum absolute atomic E-state index is 0.289. The Morgan fingerprint density at radius 3 is 2.45 bits per heavy atom. The predicted molar refractivity (Wildman–Crippen MR) is 46.1 cm³/mol. The van der Waals surface area contributed by atoms with Crippen LogP contribution >= 0.6 is 11.6 Å².